The fourth-order valence-electron chi connectivity index (χ4n) is 3.23. The third-order valence-electron chi connectivity index (χ3n) is 4.36. The predicted molar refractivity (Wildman–Crippen MR) is 70.5 cm³/mol. The number of esters is 3. The van der Waals surface area contributed by atoms with E-state index in [0.29, 0.717) is 0 Å². The van der Waals surface area contributed by atoms with Gasteiger partial charge in [-0.2, -0.15) is 0 Å². The number of carbonyl (C=O) groups is 5. The number of fused-ring (bicyclic) bond motifs is 2. The van der Waals surface area contributed by atoms with Crippen LogP contribution in [-0.2, 0) is 38.2 Å². The van der Waals surface area contributed by atoms with Crippen LogP contribution in [0.5, 0.6) is 0 Å². The summed E-state index contributed by atoms with van der Waals surface area (Å²) < 4.78 is 15.1. The second kappa shape index (κ2) is 5.39. The number of nitrogens with zero attached hydrogens (tertiary/aromatic N) is 1. The molecule has 0 saturated carbocycles. The number of likely N-dealkylation sites (tertiary alicyclic amines) is 1. The molecule has 12 nitrogen and oxygen atoms in total. The van der Waals surface area contributed by atoms with Crippen LogP contribution in [0.2, 0.25) is 0 Å². The van der Waals surface area contributed by atoms with Gasteiger partial charge in [-0.25, -0.2) is 4.79 Å². The molecule has 3 aliphatic heterocycles. The molecule has 3 aliphatic rings. The Labute approximate surface area is 139 Å². The zero-order valence-corrected chi connectivity index (χ0v) is 12.7. The highest BCUT2D eigenvalue weighted by atomic mass is 16.8. The molecule has 1 spiro atoms. The summed E-state index contributed by atoms with van der Waals surface area (Å²) in [6, 6.07) is 0. The maximum absolute atomic E-state index is 12.4. The smallest absolute Gasteiger partial charge is 0.384 e. The molecule has 4 atom stereocenters. The lowest BCUT2D eigenvalue weighted by atomic mass is 9.83. The largest absolute Gasteiger partial charge is 0.451 e. The molecular formula is C13H14N2O10. The van der Waals surface area contributed by atoms with E-state index in [9.17, 15) is 29.1 Å². The van der Waals surface area contributed by atoms with E-state index in [-0.39, 0.29) is 13.0 Å². The Bertz CT molecular complexity index is 692. The van der Waals surface area contributed by atoms with Crippen molar-refractivity contribution in [1.82, 2.24) is 4.90 Å². The van der Waals surface area contributed by atoms with E-state index in [1.165, 1.54) is 0 Å². The molecule has 2 bridgehead atoms. The van der Waals surface area contributed by atoms with E-state index >= 15 is 0 Å². The lowest BCUT2D eigenvalue weighted by molar-refractivity contribution is -0.303. The highest BCUT2D eigenvalue weighted by Crippen LogP contribution is 2.43. The lowest BCUT2D eigenvalue weighted by Crippen LogP contribution is -2.64. The number of hydrogen-bond donors (Lipinski definition) is 3. The minimum absolute atomic E-state index is 0.109. The van der Waals surface area contributed by atoms with Gasteiger partial charge >= 0.3 is 23.8 Å². The Balaban J connectivity index is 2.17. The van der Waals surface area contributed by atoms with Crippen LogP contribution in [0.3, 0.4) is 0 Å². The monoisotopic (exact) mass is 358 g/mol. The first-order chi connectivity index (χ1) is 11.7. The van der Waals surface area contributed by atoms with Crippen LogP contribution in [0.4, 0.5) is 0 Å². The molecule has 0 aromatic heterocycles. The first kappa shape index (κ1) is 17.1. The van der Waals surface area contributed by atoms with Crippen LogP contribution in [0.15, 0.2) is 0 Å². The second-order valence-corrected chi connectivity index (χ2v) is 5.85. The van der Waals surface area contributed by atoms with E-state index in [1.54, 1.807) is 0 Å². The third-order valence-corrected chi connectivity index (χ3v) is 4.36. The summed E-state index contributed by atoms with van der Waals surface area (Å²) in [5.74, 6) is -11.1. The Hall–Kier alpha value is -2.73. The molecule has 0 aromatic carbocycles. The number of nitrogens with two attached hydrogens (primary N) is 1. The van der Waals surface area contributed by atoms with Crippen LogP contribution >= 0.6 is 0 Å². The molecule has 4 N–H and O–H groups in total. The highest BCUT2D eigenvalue weighted by molar-refractivity contribution is 6.06. The van der Waals surface area contributed by atoms with Crippen molar-refractivity contribution in [3.8, 4) is 0 Å². The van der Waals surface area contributed by atoms with Crippen molar-refractivity contribution in [2.45, 2.75) is 30.5 Å². The molecule has 25 heavy (non-hydrogen) atoms. The number of aliphatic hydroxyl groups is 2. The molecule has 136 valence electrons. The lowest BCUT2D eigenvalue weighted by Gasteiger charge is -2.40. The number of aliphatic hydroxyl groups excluding tert-OH is 1. The third kappa shape index (κ3) is 2.25. The zero-order chi connectivity index (χ0) is 18.6. The van der Waals surface area contributed by atoms with Gasteiger partial charge in [0.2, 0.25) is 12.0 Å². The molecule has 4 unspecified atom stereocenters. The van der Waals surface area contributed by atoms with Crippen LogP contribution < -0.4 is 5.73 Å². The van der Waals surface area contributed by atoms with Crippen molar-refractivity contribution in [1.29, 1.82) is 0 Å². The SMILES string of the molecule is NC(=O)C1C(=O)OC2CCN(C(=O)CO)C23OC(=O)CC1(O)C(=O)O3. The first-order valence-electron chi connectivity index (χ1n) is 7.24. The number of primary amides is 1. The zero-order valence-electron chi connectivity index (χ0n) is 12.7. The fraction of sp³-hybridized carbons (Fsp3) is 0.615. The molecule has 0 aliphatic carbocycles. The molecule has 0 radical (unpaired) electrons. The number of hydrogen-bond acceptors (Lipinski definition) is 10. The van der Waals surface area contributed by atoms with Crippen LogP contribution in [0, 0.1) is 5.92 Å². The number of ether oxygens (including phenoxy) is 3. The summed E-state index contributed by atoms with van der Waals surface area (Å²) in [5.41, 5.74) is 2.14. The van der Waals surface area contributed by atoms with Crippen molar-refractivity contribution >= 4 is 29.7 Å². The molecule has 2 amide bonds. The van der Waals surface area contributed by atoms with E-state index in [1.807, 2.05) is 0 Å². The van der Waals surface area contributed by atoms with Gasteiger partial charge in [-0.1, -0.05) is 0 Å². The van der Waals surface area contributed by atoms with Gasteiger partial charge in [-0.15, -0.1) is 0 Å². The van der Waals surface area contributed by atoms with E-state index < -0.39 is 66.3 Å². The summed E-state index contributed by atoms with van der Waals surface area (Å²) in [6.07, 6.45) is -2.67. The van der Waals surface area contributed by atoms with Gasteiger partial charge in [0.15, 0.2) is 11.5 Å². The van der Waals surface area contributed by atoms with Gasteiger partial charge < -0.3 is 30.2 Å². The van der Waals surface area contributed by atoms with Crippen molar-refractivity contribution in [3.05, 3.63) is 0 Å². The fourth-order valence-corrected chi connectivity index (χ4v) is 3.23. The summed E-state index contributed by atoms with van der Waals surface area (Å²) >= 11 is 0. The van der Waals surface area contributed by atoms with Crippen molar-refractivity contribution < 1.29 is 48.4 Å². The van der Waals surface area contributed by atoms with E-state index in [2.05, 4.69) is 0 Å². The Morgan fingerprint density at radius 3 is 2.56 bits per heavy atom. The highest BCUT2D eigenvalue weighted by Gasteiger charge is 2.69. The maximum atomic E-state index is 12.4. The molecule has 3 saturated heterocycles. The first-order valence-corrected chi connectivity index (χ1v) is 7.24. The molecule has 3 fully saturated rings. The number of rotatable bonds is 2. The van der Waals surface area contributed by atoms with Crippen molar-refractivity contribution in [2.24, 2.45) is 11.7 Å². The Morgan fingerprint density at radius 1 is 1.28 bits per heavy atom. The average molecular weight is 358 g/mol. The quantitative estimate of drug-likeness (QED) is 0.326. The summed E-state index contributed by atoms with van der Waals surface area (Å²) in [7, 11) is 0. The maximum Gasteiger partial charge on any atom is 0.384 e. The van der Waals surface area contributed by atoms with Gasteiger partial charge in [0.05, 0.1) is 6.42 Å². The van der Waals surface area contributed by atoms with Gasteiger partial charge in [0.1, 0.15) is 6.61 Å². The number of amides is 2. The summed E-state index contributed by atoms with van der Waals surface area (Å²) in [4.78, 5) is 61.1. The standard InChI is InChI=1S/C13H14N2O10/c14-9(19)8-10(20)23-5-1-2-15(6(17)4-16)13(5)24-7(18)3-12(8,22)11(21)25-13/h5,8,16,22H,1-4H2,(H2,14,19). The van der Waals surface area contributed by atoms with E-state index in [4.69, 9.17) is 25.1 Å². The second-order valence-electron chi connectivity index (χ2n) is 5.85. The molecule has 3 rings (SSSR count). The van der Waals surface area contributed by atoms with Gasteiger partial charge in [0, 0.05) is 13.0 Å². The van der Waals surface area contributed by atoms with Crippen LogP contribution in [0.1, 0.15) is 12.8 Å². The minimum Gasteiger partial charge on any atom is -0.451 e. The van der Waals surface area contributed by atoms with Crippen LogP contribution in [-0.4, -0.2) is 75.6 Å². The molecule has 3 heterocycles. The normalized spacial score (nSPS) is 37.2. The topological polar surface area (TPSA) is 183 Å². The molecule has 12 heteroatoms. The molecule has 0 aromatic rings. The number of carbonyl (C=O) groups excluding carboxylic acids is 5. The van der Waals surface area contributed by atoms with Gasteiger partial charge in [-0.05, 0) is 0 Å². The molecular weight excluding hydrogens is 344 g/mol. The van der Waals surface area contributed by atoms with Gasteiger partial charge in [0.25, 0.3) is 5.91 Å². The minimum atomic E-state index is -2.94. The van der Waals surface area contributed by atoms with Crippen LogP contribution in [0.25, 0.3) is 0 Å². The average Bonchev–Trinajstić information content (AvgIpc) is 2.78. The van der Waals surface area contributed by atoms with E-state index in [0.717, 1.165) is 4.90 Å². The van der Waals surface area contributed by atoms with Crippen molar-refractivity contribution in [2.75, 3.05) is 13.2 Å². The predicted octanol–water partition coefficient (Wildman–Crippen LogP) is -3.89. The van der Waals surface area contributed by atoms with Gasteiger partial charge in [-0.3, -0.25) is 24.1 Å². The van der Waals surface area contributed by atoms with Crippen molar-refractivity contribution in [3.63, 3.8) is 0 Å². The Kier molecular flexibility index (Phi) is 3.69. The summed E-state index contributed by atoms with van der Waals surface area (Å²) in [6.45, 7) is -1.18. The summed E-state index contributed by atoms with van der Waals surface area (Å²) in [5, 5.41) is 19.6. The Morgan fingerprint density at radius 2 is 1.96 bits per heavy atom.